The van der Waals surface area contributed by atoms with Crippen molar-refractivity contribution in [2.45, 2.75) is 39.1 Å². The van der Waals surface area contributed by atoms with Gasteiger partial charge in [-0.3, -0.25) is 14.2 Å². The molecule has 6 nitrogen and oxygen atoms in total. The third-order valence-corrected chi connectivity index (χ3v) is 5.97. The number of hydrogen-bond donors (Lipinski definition) is 2. The maximum absolute atomic E-state index is 13.1. The summed E-state index contributed by atoms with van der Waals surface area (Å²) in [5.74, 6) is -0.497. The van der Waals surface area contributed by atoms with Crippen molar-refractivity contribution in [2.24, 2.45) is 0 Å². The molecular formula is C20H20F3N3O3S. The lowest BCUT2D eigenvalue weighted by atomic mass is 10.0. The van der Waals surface area contributed by atoms with Gasteiger partial charge in [0.1, 0.15) is 4.83 Å². The minimum Gasteiger partial charge on any atom is -0.387 e. The predicted octanol–water partition coefficient (Wildman–Crippen LogP) is 3.33. The van der Waals surface area contributed by atoms with E-state index >= 15 is 0 Å². The Bertz CT molecular complexity index is 1140. The number of aliphatic hydroxyl groups is 1. The van der Waals surface area contributed by atoms with Gasteiger partial charge in [0.15, 0.2) is 0 Å². The number of aryl methyl sites for hydroxylation is 3. The van der Waals surface area contributed by atoms with Gasteiger partial charge in [0.25, 0.3) is 5.56 Å². The van der Waals surface area contributed by atoms with Crippen molar-refractivity contribution in [3.63, 3.8) is 0 Å². The van der Waals surface area contributed by atoms with Crippen molar-refractivity contribution >= 4 is 27.5 Å². The number of benzene rings is 1. The van der Waals surface area contributed by atoms with Gasteiger partial charge >= 0.3 is 6.18 Å². The molecule has 160 valence electrons. The Hall–Kier alpha value is -2.72. The van der Waals surface area contributed by atoms with Gasteiger partial charge in [0, 0.05) is 24.4 Å². The van der Waals surface area contributed by atoms with Crippen LogP contribution in [0.3, 0.4) is 0 Å². The molecule has 0 aliphatic carbocycles. The number of carbonyl (C=O) groups excluding carboxylic acids is 1. The highest BCUT2D eigenvalue weighted by Gasteiger charge is 2.34. The summed E-state index contributed by atoms with van der Waals surface area (Å²) in [5.41, 5.74) is -0.634. The van der Waals surface area contributed by atoms with Gasteiger partial charge in [0.05, 0.1) is 23.4 Å². The van der Waals surface area contributed by atoms with E-state index in [0.717, 1.165) is 16.5 Å². The molecule has 0 fully saturated rings. The molecule has 1 atom stereocenters. The van der Waals surface area contributed by atoms with E-state index in [4.69, 9.17) is 0 Å². The Morgan fingerprint density at radius 2 is 2.00 bits per heavy atom. The quantitative estimate of drug-likeness (QED) is 0.617. The van der Waals surface area contributed by atoms with Gasteiger partial charge in [-0.05, 0) is 31.0 Å². The molecule has 0 aliphatic rings. The van der Waals surface area contributed by atoms with Crippen LogP contribution in [0.2, 0.25) is 0 Å². The second kappa shape index (κ2) is 8.57. The summed E-state index contributed by atoms with van der Waals surface area (Å²) in [7, 11) is 0. The molecule has 0 spiro atoms. The molecule has 0 saturated heterocycles. The van der Waals surface area contributed by atoms with Crippen LogP contribution in [0.15, 0.2) is 35.4 Å². The van der Waals surface area contributed by atoms with E-state index in [1.54, 1.807) is 0 Å². The number of amides is 1. The molecule has 0 radical (unpaired) electrons. The number of fused-ring (bicyclic) bond motifs is 1. The first kappa shape index (κ1) is 22.0. The molecular weight excluding hydrogens is 419 g/mol. The van der Waals surface area contributed by atoms with Gasteiger partial charge in [-0.15, -0.1) is 11.3 Å². The standard InChI is InChI=1S/C20H20F3N3O3S/c1-11-12(2)30-18-17(11)19(29)26(10-25-18)8-7-16(28)24-9-15(27)13-5-3-4-6-14(13)20(21,22)23/h3-6,10,15,27H,7-9H2,1-2H3,(H,24,28). The Balaban J connectivity index is 1.62. The van der Waals surface area contributed by atoms with E-state index in [1.807, 2.05) is 13.8 Å². The number of rotatable bonds is 6. The highest BCUT2D eigenvalue weighted by molar-refractivity contribution is 7.18. The molecule has 2 aromatic heterocycles. The average Bonchev–Trinajstić information content (AvgIpc) is 2.99. The molecule has 1 amide bonds. The van der Waals surface area contributed by atoms with Gasteiger partial charge in [-0.2, -0.15) is 13.2 Å². The van der Waals surface area contributed by atoms with Crippen molar-refractivity contribution in [2.75, 3.05) is 6.54 Å². The first-order valence-corrected chi connectivity index (χ1v) is 9.97. The van der Waals surface area contributed by atoms with Crippen molar-refractivity contribution < 1.29 is 23.1 Å². The van der Waals surface area contributed by atoms with Crippen LogP contribution >= 0.6 is 11.3 Å². The molecule has 3 aromatic rings. The smallest absolute Gasteiger partial charge is 0.387 e. The number of nitrogens with one attached hydrogen (secondary N) is 1. The van der Waals surface area contributed by atoms with E-state index < -0.39 is 23.8 Å². The van der Waals surface area contributed by atoms with Gasteiger partial charge in [0.2, 0.25) is 5.91 Å². The maximum Gasteiger partial charge on any atom is 0.416 e. The number of carbonyl (C=O) groups is 1. The zero-order valence-electron chi connectivity index (χ0n) is 16.3. The Kier molecular flexibility index (Phi) is 6.27. The Morgan fingerprint density at radius 3 is 2.70 bits per heavy atom. The highest BCUT2D eigenvalue weighted by atomic mass is 32.1. The number of nitrogens with zero attached hydrogens (tertiary/aromatic N) is 2. The SMILES string of the molecule is Cc1sc2ncn(CCC(=O)NCC(O)c3ccccc3C(F)(F)F)c(=O)c2c1C. The molecule has 0 aliphatic heterocycles. The Labute approximate surface area is 174 Å². The third-order valence-electron chi connectivity index (χ3n) is 4.85. The molecule has 1 aromatic carbocycles. The third kappa shape index (κ3) is 4.54. The number of alkyl halides is 3. The van der Waals surface area contributed by atoms with Crippen LogP contribution in [0.4, 0.5) is 13.2 Å². The molecule has 2 N–H and O–H groups in total. The fraction of sp³-hybridized carbons (Fsp3) is 0.350. The van der Waals surface area contributed by atoms with Crippen molar-refractivity contribution in [3.8, 4) is 0 Å². The summed E-state index contributed by atoms with van der Waals surface area (Å²) in [4.78, 5) is 30.6. The first-order chi connectivity index (χ1) is 14.1. The minimum atomic E-state index is -4.60. The first-order valence-electron chi connectivity index (χ1n) is 9.15. The summed E-state index contributed by atoms with van der Waals surface area (Å²) in [5, 5.41) is 13.1. The molecule has 30 heavy (non-hydrogen) atoms. The van der Waals surface area contributed by atoms with Crippen molar-refractivity contribution in [1.29, 1.82) is 0 Å². The lowest BCUT2D eigenvalue weighted by Crippen LogP contribution is -2.31. The zero-order chi connectivity index (χ0) is 22.1. The van der Waals surface area contributed by atoms with Crippen molar-refractivity contribution in [3.05, 3.63) is 62.5 Å². The van der Waals surface area contributed by atoms with Crippen LogP contribution in [0.25, 0.3) is 10.2 Å². The monoisotopic (exact) mass is 439 g/mol. The van der Waals surface area contributed by atoms with E-state index in [-0.39, 0.29) is 30.6 Å². The van der Waals surface area contributed by atoms with E-state index in [9.17, 15) is 27.9 Å². The van der Waals surface area contributed by atoms with E-state index in [1.165, 1.54) is 40.4 Å². The van der Waals surface area contributed by atoms with E-state index in [2.05, 4.69) is 10.3 Å². The normalized spacial score (nSPS) is 12.9. The molecule has 3 rings (SSSR count). The second-order valence-electron chi connectivity index (χ2n) is 6.86. The fourth-order valence-electron chi connectivity index (χ4n) is 3.11. The largest absolute Gasteiger partial charge is 0.416 e. The average molecular weight is 439 g/mol. The number of halogens is 3. The van der Waals surface area contributed by atoms with Crippen LogP contribution in [-0.2, 0) is 17.5 Å². The molecule has 10 heteroatoms. The lowest BCUT2D eigenvalue weighted by Gasteiger charge is -2.18. The van der Waals surface area contributed by atoms with Crippen LogP contribution in [0.5, 0.6) is 0 Å². The predicted molar refractivity (Wildman–Crippen MR) is 107 cm³/mol. The molecule has 0 saturated carbocycles. The number of hydrogen-bond acceptors (Lipinski definition) is 5. The van der Waals surface area contributed by atoms with Crippen LogP contribution in [0, 0.1) is 13.8 Å². The van der Waals surface area contributed by atoms with Gasteiger partial charge in [-0.1, -0.05) is 18.2 Å². The number of thiophene rings is 1. The minimum absolute atomic E-state index is 0.0666. The fourth-order valence-corrected chi connectivity index (χ4v) is 4.09. The highest BCUT2D eigenvalue weighted by Crippen LogP contribution is 2.34. The molecule has 1 unspecified atom stereocenters. The topological polar surface area (TPSA) is 84.2 Å². The maximum atomic E-state index is 13.1. The summed E-state index contributed by atoms with van der Waals surface area (Å²) >= 11 is 1.43. The molecule has 2 heterocycles. The van der Waals surface area contributed by atoms with Crippen LogP contribution < -0.4 is 10.9 Å². The summed E-state index contributed by atoms with van der Waals surface area (Å²) in [6.45, 7) is 3.44. The zero-order valence-corrected chi connectivity index (χ0v) is 17.1. The number of aromatic nitrogens is 2. The van der Waals surface area contributed by atoms with E-state index in [0.29, 0.717) is 10.2 Å². The van der Waals surface area contributed by atoms with Gasteiger partial charge < -0.3 is 10.4 Å². The van der Waals surface area contributed by atoms with Crippen LogP contribution in [-0.4, -0.2) is 27.1 Å². The second-order valence-corrected chi connectivity index (χ2v) is 8.06. The summed E-state index contributed by atoms with van der Waals surface area (Å²) in [6, 6.07) is 4.67. The lowest BCUT2D eigenvalue weighted by molar-refractivity contribution is -0.139. The summed E-state index contributed by atoms with van der Waals surface area (Å²) < 4.78 is 40.5. The van der Waals surface area contributed by atoms with Crippen molar-refractivity contribution in [1.82, 2.24) is 14.9 Å². The molecule has 0 bridgehead atoms. The van der Waals surface area contributed by atoms with Crippen LogP contribution in [0.1, 0.15) is 34.1 Å². The summed E-state index contributed by atoms with van der Waals surface area (Å²) in [6.07, 6.45) is -4.82. The Morgan fingerprint density at radius 1 is 1.30 bits per heavy atom. The van der Waals surface area contributed by atoms with Gasteiger partial charge in [-0.25, -0.2) is 4.98 Å². The number of aliphatic hydroxyl groups excluding tert-OH is 1.